The fourth-order valence-electron chi connectivity index (χ4n) is 3.06. The highest BCUT2D eigenvalue weighted by Crippen LogP contribution is 2.53. The Hall–Kier alpha value is -1.42. The summed E-state index contributed by atoms with van der Waals surface area (Å²) in [5.74, 6) is 0.398. The standard InChI is InChI=1S/C14H20N2O2/c1-9-5-6-10(16(17)18)7-11(9)12-8-13(15-4)14(12,2)3/h5-7,12-13,15H,8H2,1-4H3. The lowest BCUT2D eigenvalue weighted by molar-refractivity contribution is -0.385. The zero-order chi connectivity index (χ0) is 13.5. The van der Waals surface area contributed by atoms with Crippen molar-refractivity contribution in [3.8, 4) is 0 Å². The zero-order valence-electron chi connectivity index (χ0n) is 11.4. The zero-order valence-corrected chi connectivity index (χ0v) is 11.4. The van der Waals surface area contributed by atoms with Gasteiger partial charge in [-0.25, -0.2) is 0 Å². The number of hydrogen-bond donors (Lipinski definition) is 1. The van der Waals surface area contributed by atoms with E-state index in [1.54, 1.807) is 12.1 Å². The number of non-ortho nitro benzene ring substituents is 1. The third-order valence-corrected chi connectivity index (χ3v) is 4.47. The van der Waals surface area contributed by atoms with E-state index in [1.807, 2.05) is 20.0 Å². The van der Waals surface area contributed by atoms with Gasteiger partial charge in [0.15, 0.2) is 0 Å². The van der Waals surface area contributed by atoms with Crippen LogP contribution in [0.15, 0.2) is 18.2 Å². The molecule has 0 saturated heterocycles. The van der Waals surface area contributed by atoms with Crippen LogP contribution in [0.25, 0.3) is 0 Å². The van der Waals surface area contributed by atoms with Crippen LogP contribution in [0.5, 0.6) is 0 Å². The van der Waals surface area contributed by atoms with Gasteiger partial charge in [0.05, 0.1) is 4.92 Å². The summed E-state index contributed by atoms with van der Waals surface area (Å²) in [6, 6.07) is 5.67. The number of nitro groups is 1. The van der Waals surface area contributed by atoms with Crippen LogP contribution >= 0.6 is 0 Å². The van der Waals surface area contributed by atoms with Gasteiger partial charge in [-0.05, 0) is 42.9 Å². The van der Waals surface area contributed by atoms with Gasteiger partial charge in [-0.15, -0.1) is 0 Å². The smallest absolute Gasteiger partial charge is 0.269 e. The van der Waals surface area contributed by atoms with Gasteiger partial charge in [0.2, 0.25) is 0 Å². The van der Waals surface area contributed by atoms with Gasteiger partial charge in [0.1, 0.15) is 0 Å². The molecule has 2 unspecified atom stereocenters. The molecule has 1 saturated carbocycles. The lowest BCUT2D eigenvalue weighted by atomic mass is 9.56. The van der Waals surface area contributed by atoms with Crippen LogP contribution in [0.2, 0.25) is 0 Å². The molecule has 2 rings (SSSR count). The lowest BCUT2D eigenvalue weighted by Crippen LogP contribution is -2.54. The molecule has 1 aliphatic rings. The molecule has 0 heterocycles. The number of nitrogens with one attached hydrogen (secondary N) is 1. The van der Waals surface area contributed by atoms with Gasteiger partial charge >= 0.3 is 0 Å². The number of hydrogen-bond acceptors (Lipinski definition) is 3. The Balaban J connectivity index is 2.35. The van der Waals surface area contributed by atoms with E-state index in [0.29, 0.717) is 12.0 Å². The van der Waals surface area contributed by atoms with Crippen molar-refractivity contribution in [1.82, 2.24) is 5.32 Å². The van der Waals surface area contributed by atoms with Crippen molar-refractivity contribution >= 4 is 5.69 Å². The second kappa shape index (κ2) is 4.35. The molecule has 1 aromatic carbocycles. The van der Waals surface area contributed by atoms with Crippen molar-refractivity contribution in [2.24, 2.45) is 5.41 Å². The van der Waals surface area contributed by atoms with Crippen molar-refractivity contribution in [2.75, 3.05) is 7.05 Å². The van der Waals surface area contributed by atoms with Crippen molar-refractivity contribution in [2.45, 2.75) is 39.2 Å². The summed E-state index contributed by atoms with van der Waals surface area (Å²) < 4.78 is 0. The van der Waals surface area contributed by atoms with Crippen LogP contribution in [0.3, 0.4) is 0 Å². The number of rotatable bonds is 3. The third kappa shape index (κ3) is 1.90. The summed E-state index contributed by atoms with van der Waals surface area (Å²) in [7, 11) is 1.98. The van der Waals surface area contributed by atoms with Crippen LogP contribution in [0, 0.1) is 22.5 Å². The second-order valence-corrected chi connectivity index (χ2v) is 5.75. The summed E-state index contributed by atoms with van der Waals surface area (Å²) in [6.07, 6.45) is 1.05. The summed E-state index contributed by atoms with van der Waals surface area (Å²) >= 11 is 0. The predicted octanol–water partition coefficient (Wildman–Crippen LogP) is 3.00. The van der Waals surface area contributed by atoms with Crippen LogP contribution in [0.1, 0.15) is 37.3 Å². The van der Waals surface area contributed by atoms with Crippen molar-refractivity contribution < 1.29 is 4.92 Å². The summed E-state index contributed by atoms with van der Waals surface area (Å²) in [5.41, 5.74) is 2.61. The molecule has 0 aromatic heterocycles. The molecule has 1 N–H and O–H groups in total. The van der Waals surface area contributed by atoms with E-state index in [4.69, 9.17) is 0 Å². The predicted molar refractivity (Wildman–Crippen MR) is 71.8 cm³/mol. The fourth-order valence-corrected chi connectivity index (χ4v) is 3.06. The molecule has 0 radical (unpaired) electrons. The minimum absolute atomic E-state index is 0.148. The van der Waals surface area contributed by atoms with Gasteiger partial charge in [-0.1, -0.05) is 19.9 Å². The van der Waals surface area contributed by atoms with Gasteiger partial charge in [-0.2, -0.15) is 0 Å². The Morgan fingerprint density at radius 1 is 1.44 bits per heavy atom. The highest BCUT2D eigenvalue weighted by atomic mass is 16.6. The average Bonchev–Trinajstić information content (AvgIpc) is 2.30. The van der Waals surface area contributed by atoms with Crippen LogP contribution < -0.4 is 5.32 Å². The van der Waals surface area contributed by atoms with Gasteiger partial charge < -0.3 is 5.32 Å². The molecular formula is C14H20N2O2. The minimum Gasteiger partial charge on any atom is -0.316 e. The fraction of sp³-hybridized carbons (Fsp3) is 0.571. The molecular weight excluding hydrogens is 228 g/mol. The normalized spacial score (nSPS) is 25.6. The molecule has 18 heavy (non-hydrogen) atoms. The van der Waals surface area contributed by atoms with Gasteiger partial charge in [0, 0.05) is 18.2 Å². The molecule has 0 spiro atoms. The Labute approximate surface area is 108 Å². The van der Waals surface area contributed by atoms with E-state index in [2.05, 4.69) is 19.2 Å². The Morgan fingerprint density at radius 2 is 2.11 bits per heavy atom. The first-order chi connectivity index (χ1) is 8.37. The number of nitrogens with zero attached hydrogens (tertiary/aromatic N) is 1. The van der Waals surface area contributed by atoms with E-state index in [0.717, 1.165) is 17.5 Å². The van der Waals surface area contributed by atoms with Gasteiger partial charge in [-0.3, -0.25) is 10.1 Å². The molecule has 4 nitrogen and oxygen atoms in total. The van der Waals surface area contributed by atoms with Gasteiger partial charge in [0.25, 0.3) is 5.69 Å². The molecule has 0 aliphatic heterocycles. The van der Waals surface area contributed by atoms with E-state index >= 15 is 0 Å². The van der Waals surface area contributed by atoms with Crippen molar-refractivity contribution in [1.29, 1.82) is 0 Å². The quantitative estimate of drug-likeness (QED) is 0.661. The summed E-state index contributed by atoms with van der Waals surface area (Å²) in [5, 5.41) is 14.2. The molecule has 1 aromatic rings. The molecule has 1 aliphatic carbocycles. The monoisotopic (exact) mass is 248 g/mol. The third-order valence-electron chi connectivity index (χ3n) is 4.47. The molecule has 1 fully saturated rings. The molecule has 0 amide bonds. The minimum atomic E-state index is -0.315. The van der Waals surface area contributed by atoms with E-state index < -0.39 is 0 Å². The van der Waals surface area contributed by atoms with Crippen LogP contribution in [-0.4, -0.2) is 18.0 Å². The van der Waals surface area contributed by atoms with E-state index in [1.165, 1.54) is 0 Å². The molecule has 4 heteroatoms. The van der Waals surface area contributed by atoms with Crippen molar-refractivity contribution in [3.05, 3.63) is 39.4 Å². The summed E-state index contributed by atoms with van der Waals surface area (Å²) in [6.45, 7) is 6.48. The average molecular weight is 248 g/mol. The number of nitro benzene ring substituents is 1. The first kappa shape index (κ1) is 13.0. The second-order valence-electron chi connectivity index (χ2n) is 5.75. The maximum absolute atomic E-state index is 10.9. The highest BCUT2D eigenvalue weighted by molar-refractivity contribution is 5.43. The first-order valence-corrected chi connectivity index (χ1v) is 6.30. The SMILES string of the molecule is CNC1CC(c2cc([N+](=O)[O-])ccc2C)C1(C)C. The molecule has 0 bridgehead atoms. The number of aryl methyl sites for hydroxylation is 1. The molecule has 98 valence electrons. The largest absolute Gasteiger partial charge is 0.316 e. The Kier molecular flexibility index (Phi) is 3.15. The highest BCUT2D eigenvalue weighted by Gasteiger charge is 2.48. The Bertz CT molecular complexity index is 483. The topological polar surface area (TPSA) is 55.2 Å². The maximum atomic E-state index is 10.9. The van der Waals surface area contributed by atoms with E-state index in [-0.39, 0.29) is 16.0 Å². The van der Waals surface area contributed by atoms with Crippen LogP contribution in [-0.2, 0) is 0 Å². The first-order valence-electron chi connectivity index (χ1n) is 6.30. The lowest BCUT2D eigenvalue weighted by Gasteiger charge is -2.52. The Morgan fingerprint density at radius 3 is 2.61 bits per heavy atom. The van der Waals surface area contributed by atoms with Crippen LogP contribution in [0.4, 0.5) is 5.69 Å². The molecule has 2 atom stereocenters. The van der Waals surface area contributed by atoms with Crippen molar-refractivity contribution in [3.63, 3.8) is 0 Å². The maximum Gasteiger partial charge on any atom is 0.269 e. The number of benzene rings is 1. The van der Waals surface area contributed by atoms with E-state index in [9.17, 15) is 10.1 Å². The summed E-state index contributed by atoms with van der Waals surface area (Å²) in [4.78, 5) is 10.6.